The monoisotopic (exact) mass is 298 g/mol. The van der Waals surface area contributed by atoms with Crippen molar-refractivity contribution in [3.05, 3.63) is 0 Å². The van der Waals surface area contributed by atoms with Crippen molar-refractivity contribution in [2.45, 2.75) is 49.0 Å². The van der Waals surface area contributed by atoms with Crippen LogP contribution in [0.15, 0.2) is 0 Å². The number of aliphatic hydroxyl groups is 2. The molecule has 4 N–H and O–H groups in total. The van der Waals surface area contributed by atoms with E-state index in [4.69, 9.17) is 9.47 Å². The second-order valence-electron chi connectivity index (χ2n) is 5.69. The Bertz CT molecular complexity index is 338. The Morgan fingerprint density at radius 3 is 1.61 bits per heavy atom. The molecule has 6 nitrogen and oxygen atoms in total. The van der Waals surface area contributed by atoms with Crippen LogP contribution in [0.25, 0.3) is 0 Å². The van der Waals surface area contributed by atoms with Gasteiger partial charge in [0, 0.05) is 11.8 Å². The fourth-order valence-corrected chi connectivity index (χ4v) is 4.54. The Labute approximate surface area is 116 Å². The molecule has 8 heteroatoms. The Hall–Kier alpha value is 0.340. The molecule has 7 fully saturated rings. The predicted octanol–water partition coefficient (Wildman–Crippen LogP) is -1.11. The molecule has 104 valence electrons. The van der Waals surface area contributed by atoms with Gasteiger partial charge in [-0.15, -0.1) is 24.8 Å². The van der Waals surface area contributed by atoms with Gasteiger partial charge in [-0.25, -0.2) is 0 Å². The van der Waals surface area contributed by atoms with Crippen LogP contribution in [0.2, 0.25) is 0 Å². The molecular formula is C10H16Cl2N2O4. The van der Waals surface area contributed by atoms with Crippen molar-refractivity contribution in [2.75, 3.05) is 0 Å². The minimum Gasteiger partial charge on any atom is -0.364 e. The maximum atomic E-state index is 10.6. The van der Waals surface area contributed by atoms with Crippen molar-refractivity contribution < 1.29 is 19.7 Å². The molecule has 8 atom stereocenters. The Kier molecular flexibility index (Phi) is 2.60. The summed E-state index contributed by atoms with van der Waals surface area (Å²) >= 11 is 0. The molecule has 0 amide bonds. The summed E-state index contributed by atoms with van der Waals surface area (Å²) in [6, 6.07) is -0.380. The normalized spacial score (nSPS) is 65.7. The van der Waals surface area contributed by atoms with Crippen LogP contribution in [0, 0.1) is 11.8 Å². The van der Waals surface area contributed by atoms with Gasteiger partial charge in [-0.05, 0) is 12.8 Å². The zero-order valence-electron chi connectivity index (χ0n) is 9.41. The fraction of sp³-hybridized carbons (Fsp3) is 1.00. The number of hydrogen-bond donors (Lipinski definition) is 4. The molecule has 7 aliphatic rings. The number of piperidine rings is 2. The van der Waals surface area contributed by atoms with Gasteiger partial charge in [0.25, 0.3) is 0 Å². The van der Waals surface area contributed by atoms with Crippen LogP contribution in [-0.4, -0.2) is 46.3 Å². The van der Waals surface area contributed by atoms with Crippen molar-refractivity contribution in [1.82, 2.24) is 10.6 Å². The van der Waals surface area contributed by atoms with Crippen molar-refractivity contribution >= 4 is 24.8 Å². The lowest BCUT2D eigenvalue weighted by Crippen LogP contribution is -2.92. The quantitative estimate of drug-likeness (QED) is 0.454. The van der Waals surface area contributed by atoms with E-state index in [1.165, 1.54) is 0 Å². The van der Waals surface area contributed by atoms with Crippen LogP contribution >= 0.6 is 24.8 Å². The van der Waals surface area contributed by atoms with E-state index in [1.54, 1.807) is 0 Å². The highest BCUT2D eigenvalue weighted by atomic mass is 35.5. The smallest absolute Gasteiger partial charge is 0.188 e. The van der Waals surface area contributed by atoms with Gasteiger partial charge < -0.3 is 19.7 Å². The molecule has 6 aliphatic heterocycles. The van der Waals surface area contributed by atoms with Crippen LogP contribution in [0.3, 0.4) is 0 Å². The summed E-state index contributed by atoms with van der Waals surface area (Å²) in [7, 11) is 0. The first-order valence-corrected chi connectivity index (χ1v) is 5.94. The Morgan fingerprint density at radius 2 is 1.22 bits per heavy atom. The number of nitrogens with one attached hydrogen (secondary N) is 2. The van der Waals surface area contributed by atoms with Crippen molar-refractivity contribution in [2.24, 2.45) is 11.8 Å². The summed E-state index contributed by atoms with van der Waals surface area (Å²) in [5, 5.41) is 27.8. The summed E-state index contributed by atoms with van der Waals surface area (Å²) in [5.74, 6) is -2.38. The van der Waals surface area contributed by atoms with E-state index in [2.05, 4.69) is 10.6 Å². The number of halogens is 2. The average molecular weight is 299 g/mol. The molecule has 0 aromatic heterocycles. The maximum absolute atomic E-state index is 10.6. The van der Waals surface area contributed by atoms with E-state index in [-0.39, 0.29) is 61.2 Å². The fourth-order valence-electron chi connectivity index (χ4n) is 4.54. The molecule has 0 radical (unpaired) electrons. The highest BCUT2D eigenvalue weighted by Gasteiger charge is 2.78. The standard InChI is InChI=1S/C10H14N2O4.2ClH/c13-9-3-1-5-11-8(9)4-2-6(16-9)12-7(3)10(4,14)15-5;;/h3-8,11-14H,1-2H2;2*1H. The molecular weight excluding hydrogens is 283 g/mol. The zero-order valence-corrected chi connectivity index (χ0v) is 11.0. The van der Waals surface area contributed by atoms with Crippen LogP contribution in [-0.2, 0) is 9.47 Å². The second-order valence-corrected chi connectivity index (χ2v) is 5.69. The lowest BCUT2D eigenvalue weighted by molar-refractivity contribution is -0.484. The van der Waals surface area contributed by atoms with Crippen molar-refractivity contribution in [1.29, 1.82) is 0 Å². The molecule has 7 rings (SSSR count). The van der Waals surface area contributed by atoms with Gasteiger partial charge in [-0.2, -0.15) is 0 Å². The number of ether oxygens (including phenoxy) is 2. The first-order chi connectivity index (χ1) is 7.61. The van der Waals surface area contributed by atoms with E-state index in [0.29, 0.717) is 12.8 Å². The van der Waals surface area contributed by atoms with Gasteiger partial charge in [-0.1, -0.05) is 0 Å². The summed E-state index contributed by atoms with van der Waals surface area (Å²) in [6.07, 6.45) is 1.08. The molecule has 8 bridgehead atoms. The van der Waals surface area contributed by atoms with Gasteiger partial charge in [0.15, 0.2) is 11.6 Å². The van der Waals surface area contributed by atoms with Gasteiger partial charge >= 0.3 is 0 Å². The molecule has 1 saturated carbocycles. The molecule has 18 heavy (non-hydrogen) atoms. The third-order valence-corrected chi connectivity index (χ3v) is 5.09. The average Bonchev–Trinajstić information content (AvgIpc) is 2.24. The lowest BCUT2D eigenvalue weighted by atomic mass is 9.57. The van der Waals surface area contributed by atoms with Gasteiger partial charge in [0.05, 0.1) is 12.1 Å². The third kappa shape index (κ3) is 1.13. The highest BCUT2D eigenvalue weighted by Crippen LogP contribution is 2.60. The summed E-state index contributed by atoms with van der Waals surface area (Å²) in [4.78, 5) is 0. The van der Waals surface area contributed by atoms with E-state index in [0.717, 1.165) is 0 Å². The molecule has 0 aromatic rings. The summed E-state index contributed by atoms with van der Waals surface area (Å²) < 4.78 is 11.4. The van der Waals surface area contributed by atoms with Crippen LogP contribution < -0.4 is 10.6 Å². The summed E-state index contributed by atoms with van der Waals surface area (Å²) in [5.41, 5.74) is 0. The van der Waals surface area contributed by atoms with E-state index in [9.17, 15) is 10.2 Å². The van der Waals surface area contributed by atoms with Crippen LogP contribution in [0.4, 0.5) is 0 Å². The number of hydrogen-bond acceptors (Lipinski definition) is 6. The first-order valence-electron chi connectivity index (χ1n) is 5.94. The van der Waals surface area contributed by atoms with E-state index in [1.807, 2.05) is 0 Å². The SMILES string of the molecule is Cl.Cl.OC12OC3CC4C1NC1CC2C(N3)C4(O)O1. The van der Waals surface area contributed by atoms with Crippen molar-refractivity contribution in [3.8, 4) is 0 Å². The van der Waals surface area contributed by atoms with E-state index < -0.39 is 11.6 Å². The van der Waals surface area contributed by atoms with Crippen molar-refractivity contribution in [3.63, 3.8) is 0 Å². The Balaban J connectivity index is 0.000000500. The molecule has 6 saturated heterocycles. The third-order valence-electron chi connectivity index (χ3n) is 5.09. The molecule has 6 heterocycles. The zero-order chi connectivity index (χ0) is 10.7. The minimum atomic E-state index is -1.12. The van der Waals surface area contributed by atoms with Gasteiger partial charge in [0.1, 0.15) is 12.5 Å². The molecule has 1 aliphatic carbocycles. The molecule has 0 spiro atoms. The number of rotatable bonds is 0. The first kappa shape index (κ1) is 13.3. The predicted molar refractivity (Wildman–Crippen MR) is 64.2 cm³/mol. The van der Waals surface area contributed by atoms with Crippen LogP contribution in [0.1, 0.15) is 12.8 Å². The maximum Gasteiger partial charge on any atom is 0.188 e. The molecule has 0 aromatic carbocycles. The topological polar surface area (TPSA) is 83.0 Å². The minimum absolute atomic E-state index is 0. The Morgan fingerprint density at radius 1 is 0.833 bits per heavy atom. The van der Waals surface area contributed by atoms with Gasteiger partial charge in [0.2, 0.25) is 0 Å². The highest BCUT2D eigenvalue weighted by molar-refractivity contribution is 5.85. The summed E-state index contributed by atoms with van der Waals surface area (Å²) in [6.45, 7) is 0. The van der Waals surface area contributed by atoms with Crippen LogP contribution in [0.5, 0.6) is 0 Å². The van der Waals surface area contributed by atoms with Gasteiger partial charge in [-0.3, -0.25) is 10.6 Å². The molecule has 8 unspecified atom stereocenters. The largest absolute Gasteiger partial charge is 0.364 e. The lowest BCUT2D eigenvalue weighted by Gasteiger charge is -2.73. The second kappa shape index (κ2) is 3.51. The van der Waals surface area contributed by atoms with E-state index >= 15 is 0 Å².